The molecule has 17 heteroatoms. The number of aryl methyl sites for hydroxylation is 1. The van der Waals surface area contributed by atoms with Crippen molar-refractivity contribution in [3.8, 4) is 16.9 Å². The van der Waals surface area contributed by atoms with Crippen LogP contribution in [0.15, 0.2) is 87.3 Å². The van der Waals surface area contributed by atoms with Crippen molar-refractivity contribution in [2.24, 2.45) is 7.05 Å². The van der Waals surface area contributed by atoms with Crippen LogP contribution in [0.3, 0.4) is 0 Å². The predicted octanol–water partition coefficient (Wildman–Crippen LogP) is 5.90. The number of halogens is 5. The van der Waals surface area contributed by atoms with Crippen LogP contribution in [-0.4, -0.2) is 34.6 Å². The van der Waals surface area contributed by atoms with E-state index in [1.807, 2.05) is 22.6 Å². The summed E-state index contributed by atoms with van der Waals surface area (Å²) in [4.78, 5) is 54.9. The van der Waals surface area contributed by atoms with Crippen LogP contribution in [0.1, 0.15) is 30.0 Å². The van der Waals surface area contributed by atoms with Gasteiger partial charge in [0.2, 0.25) is 5.91 Å². The van der Waals surface area contributed by atoms with Gasteiger partial charge in [0.05, 0.1) is 28.7 Å². The predicted molar refractivity (Wildman–Crippen MR) is 194 cm³/mol. The van der Waals surface area contributed by atoms with Crippen molar-refractivity contribution in [2.45, 2.75) is 38.5 Å². The fraction of sp³-hybridized carbons (Fsp3) is 0.200. The minimum Gasteiger partial charge on any atom is -0.338 e. The quantitative estimate of drug-likeness (QED) is 0.144. The first-order valence-corrected chi connectivity index (χ1v) is 16.9. The summed E-state index contributed by atoms with van der Waals surface area (Å²) >= 11 is 1.97. The van der Waals surface area contributed by atoms with E-state index in [0.29, 0.717) is 22.0 Å². The standard InChI is InChI=1S/C35H27F4IN8O4/c1-18-30-29(31(45(2)32(18)50)42-26-13-10-21(40)14-25(26)36)33(51)48(23-11-12-23)34(52)47(30)24-5-3-4-22(15-24)41-28(49)17-46-16-27(43-44-46)19-6-8-20(9-7-19)35(37,38)39/h3-10,13-16,23,42H,11-12,17H2,1-2H3,(H,41,49). The van der Waals surface area contributed by atoms with Crippen LogP contribution in [0.5, 0.6) is 0 Å². The molecule has 1 aliphatic rings. The number of aromatic nitrogens is 6. The maximum Gasteiger partial charge on any atom is 0.416 e. The zero-order valence-electron chi connectivity index (χ0n) is 27.3. The van der Waals surface area contributed by atoms with E-state index in [9.17, 15) is 32.3 Å². The molecule has 1 fully saturated rings. The summed E-state index contributed by atoms with van der Waals surface area (Å²) in [6.07, 6.45) is -1.87. The molecule has 0 saturated heterocycles. The molecule has 6 aromatic rings. The lowest BCUT2D eigenvalue weighted by Crippen LogP contribution is -2.41. The highest BCUT2D eigenvalue weighted by Crippen LogP contribution is 2.35. The van der Waals surface area contributed by atoms with E-state index in [2.05, 4.69) is 20.9 Å². The molecule has 0 aliphatic heterocycles. The molecule has 3 aromatic heterocycles. The Bertz CT molecular complexity index is 2590. The number of benzene rings is 3. The van der Waals surface area contributed by atoms with E-state index in [1.54, 1.807) is 24.3 Å². The Morgan fingerprint density at radius 3 is 2.40 bits per heavy atom. The third-order valence-corrected chi connectivity index (χ3v) is 9.35. The van der Waals surface area contributed by atoms with Gasteiger partial charge in [-0.05, 0) is 90.9 Å². The van der Waals surface area contributed by atoms with E-state index >= 15 is 4.39 Å². The van der Waals surface area contributed by atoms with Gasteiger partial charge < -0.3 is 10.6 Å². The van der Waals surface area contributed by atoms with Gasteiger partial charge in [0, 0.05) is 33.5 Å². The molecule has 3 heterocycles. The van der Waals surface area contributed by atoms with Gasteiger partial charge in [-0.2, -0.15) is 13.2 Å². The lowest BCUT2D eigenvalue weighted by molar-refractivity contribution is -0.137. The van der Waals surface area contributed by atoms with Crippen LogP contribution >= 0.6 is 22.6 Å². The number of amides is 1. The van der Waals surface area contributed by atoms with Crippen molar-refractivity contribution >= 4 is 56.6 Å². The van der Waals surface area contributed by atoms with Gasteiger partial charge in [-0.15, -0.1) is 5.10 Å². The molecule has 1 saturated carbocycles. The molecule has 0 unspecified atom stereocenters. The van der Waals surface area contributed by atoms with Gasteiger partial charge in [-0.3, -0.25) is 28.1 Å². The number of rotatable bonds is 8. The van der Waals surface area contributed by atoms with Crippen LogP contribution in [0.4, 0.5) is 34.8 Å². The lowest BCUT2D eigenvalue weighted by atomic mass is 10.1. The number of fused-ring (bicyclic) bond motifs is 1. The molecular formula is C35H27F4IN8O4. The smallest absolute Gasteiger partial charge is 0.338 e. The average molecular weight is 827 g/mol. The van der Waals surface area contributed by atoms with E-state index < -0.39 is 40.3 Å². The minimum atomic E-state index is -4.48. The van der Waals surface area contributed by atoms with E-state index in [1.165, 1.54) is 64.3 Å². The van der Waals surface area contributed by atoms with Gasteiger partial charge >= 0.3 is 11.9 Å². The molecule has 266 valence electrons. The van der Waals surface area contributed by atoms with Crippen molar-refractivity contribution in [3.05, 3.63) is 125 Å². The number of hydrogen-bond donors (Lipinski definition) is 2. The number of alkyl halides is 3. The van der Waals surface area contributed by atoms with Crippen molar-refractivity contribution in [1.82, 2.24) is 28.7 Å². The number of carbonyl (C=O) groups is 1. The number of anilines is 3. The number of hydrogen-bond acceptors (Lipinski definition) is 7. The summed E-state index contributed by atoms with van der Waals surface area (Å²) in [5, 5.41) is 13.5. The highest BCUT2D eigenvalue weighted by Gasteiger charge is 2.32. The summed E-state index contributed by atoms with van der Waals surface area (Å²) in [5.74, 6) is -1.13. The van der Waals surface area contributed by atoms with E-state index in [4.69, 9.17) is 0 Å². The molecule has 3 aromatic carbocycles. The van der Waals surface area contributed by atoms with Gasteiger partial charge in [-0.25, -0.2) is 13.9 Å². The summed E-state index contributed by atoms with van der Waals surface area (Å²) in [6.45, 7) is 1.20. The lowest BCUT2D eigenvalue weighted by Gasteiger charge is -2.21. The topological polar surface area (TPSA) is 138 Å². The summed E-state index contributed by atoms with van der Waals surface area (Å²) in [7, 11) is 1.45. The van der Waals surface area contributed by atoms with Gasteiger partial charge in [0.1, 0.15) is 29.3 Å². The molecular weight excluding hydrogens is 799 g/mol. The second-order valence-electron chi connectivity index (χ2n) is 12.3. The van der Waals surface area contributed by atoms with Crippen LogP contribution in [0, 0.1) is 16.3 Å². The average Bonchev–Trinajstić information content (AvgIpc) is 3.82. The molecule has 0 atom stereocenters. The van der Waals surface area contributed by atoms with E-state index in [-0.39, 0.29) is 57.6 Å². The number of nitrogens with zero attached hydrogens (tertiary/aromatic N) is 6. The third kappa shape index (κ3) is 6.51. The van der Waals surface area contributed by atoms with Crippen molar-refractivity contribution in [2.75, 3.05) is 10.6 Å². The SMILES string of the molecule is Cc1c(=O)n(C)c(Nc2ccc(I)cc2F)c2c(=O)n(C3CC3)c(=O)n(-c3cccc(NC(=O)Cn4cc(-c5ccc(C(F)(F)F)cc5)nn4)c3)c12. The molecule has 7 rings (SSSR count). The molecule has 12 nitrogen and oxygen atoms in total. The Hall–Kier alpha value is -5.59. The Morgan fingerprint density at radius 1 is 1.00 bits per heavy atom. The normalized spacial score (nSPS) is 13.1. The maximum atomic E-state index is 15.0. The first-order valence-electron chi connectivity index (χ1n) is 15.8. The van der Waals surface area contributed by atoms with Crippen LogP contribution in [0.2, 0.25) is 0 Å². The van der Waals surface area contributed by atoms with Gasteiger partial charge in [-0.1, -0.05) is 23.4 Å². The maximum absolute atomic E-state index is 15.0. The zero-order chi connectivity index (χ0) is 37.1. The van der Waals surface area contributed by atoms with Crippen LogP contribution < -0.4 is 27.4 Å². The third-order valence-electron chi connectivity index (χ3n) is 8.68. The van der Waals surface area contributed by atoms with Crippen molar-refractivity contribution < 1.29 is 22.4 Å². The molecule has 0 bridgehead atoms. The number of pyridine rings is 1. The Labute approximate surface area is 304 Å². The Kier molecular flexibility index (Phi) is 8.84. The monoisotopic (exact) mass is 826 g/mol. The highest BCUT2D eigenvalue weighted by molar-refractivity contribution is 14.1. The molecule has 0 radical (unpaired) electrons. The van der Waals surface area contributed by atoms with Crippen molar-refractivity contribution in [3.63, 3.8) is 0 Å². The number of nitrogens with one attached hydrogen (secondary N) is 2. The fourth-order valence-electron chi connectivity index (χ4n) is 5.98. The Morgan fingerprint density at radius 2 is 1.73 bits per heavy atom. The Balaban J connectivity index is 1.25. The first-order chi connectivity index (χ1) is 24.7. The first kappa shape index (κ1) is 34.8. The second-order valence-corrected chi connectivity index (χ2v) is 13.6. The number of carbonyl (C=O) groups excluding carboxylic acids is 1. The van der Waals surface area contributed by atoms with E-state index in [0.717, 1.165) is 16.7 Å². The molecule has 1 amide bonds. The molecule has 0 spiro atoms. The van der Waals surface area contributed by atoms with Crippen molar-refractivity contribution in [1.29, 1.82) is 0 Å². The second kappa shape index (κ2) is 13.2. The summed E-state index contributed by atoms with van der Waals surface area (Å²) < 4.78 is 59.4. The summed E-state index contributed by atoms with van der Waals surface area (Å²) in [5.41, 5.74) is -1.30. The largest absolute Gasteiger partial charge is 0.416 e. The van der Waals surface area contributed by atoms with Gasteiger partial charge in [0.25, 0.3) is 11.1 Å². The molecule has 2 N–H and O–H groups in total. The molecule has 52 heavy (non-hydrogen) atoms. The summed E-state index contributed by atoms with van der Waals surface area (Å²) in [6, 6.07) is 14.7. The minimum absolute atomic E-state index is 0.00631. The van der Waals surface area contributed by atoms with Gasteiger partial charge in [0.15, 0.2) is 0 Å². The van der Waals surface area contributed by atoms with Crippen LogP contribution in [0.25, 0.3) is 27.8 Å². The highest BCUT2D eigenvalue weighted by atomic mass is 127. The molecule has 1 aliphatic carbocycles. The van der Waals surface area contributed by atoms with Crippen LogP contribution in [-0.2, 0) is 24.6 Å². The zero-order valence-corrected chi connectivity index (χ0v) is 29.5. The fourth-order valence-corrected chi connectivity index (χ4v) is 6.44.